The number of carboxylic acid groups (broad SMARTS) is 1. The Morgan fingerprint density at radius 3 is 2.58 bits per heavy atom. The molecule has 0 fully saturated rings. The number of nitrogens with zero attached hydrogens (tertiary/aromatic N) is 2. The van der Waals surface area contributed by atoms with Gasteiger partial charge in [0.15, 0.2) is 0 Å². The van der Waals surface area contributed by atoms with Crippen LogP contribution >= 0.6 is 11.8 Å². The van der Waals surface area contributed by atoms with Crippen LogP contribution in [-0.4, -0.2) is 45.9 Å². The van der Waals surface area contributed by atoms with Gasteiger partial charge < -0.3 is 14.5 Å². The summed E-state index contributed by atoms with van der Waals surface area (Å²) in [7, 11) is 0. The van der Waals surface area contributed by atoms with Crippen molar-refractivity contribution in [1.82, 2.24) is 10.1 Å². The minimum atomic E-state index is -0.995. The molecule has 0 unspecified atom stereocenters. The van der Waals surface area contributed by atoms with Crippen LogP contribution in [0.3, 0.4) is 0 Å². The smallest absolute Gasteiger partial charge is 0.323 e. The normalized spacial score (nSPS) is 10.5. The van der Waals surface area contributed by atoms with Gasteiger partial charge in [0.05, 0.1) is 11.4 Å². The molecule has 0 radical (unpaired) electrons. The van der Waals surface area contributed by atoms with Crippen molar-refractivity contribution in [1.29, 1.82) is 0 Å². The fraction of sp³-hybridized carbons (Fsp3) is 0.583. The van der Waals surface area contributed by atoms with E-state index in [9.17, 15) is 9.59 Å². The largest absolute Gasteiger partial charge is 0.480 e. The second-order valence-electron chi connectivity index (χ2n) is 4.10. The molecule has 0 aromatic carbocycles. The number of aryl methyl sites for hydroxylation is 2. The number of aliphatic carboxylic acids is 1. The summed E-state index contributed by atoms with van der Waals surface area (Å²) in [6.07, 6.45) is 0. The second kappa shape index (κ2) is 7.18. The molecule has 0 saturated heterocycles. The van der Waals surface area contributed by atoms with Crippen LogP contribution in [0.5, 0.6) is 0 Å². The summed E-state index contributed by atoms with van der Waals surface area (Å²) in [6, 6.07) is 0. The summed E-state index contributed by atoms with van der Waals surface area (Å²) in [5, 5.41) is 12.5. The van der Waals surface area contributed by atoms with Crippen molar-refractivity contribution in [2.45, 2.75) is 26.5 Å². The van der Waals surface area contributed by atoms with Crippen LogP contribution < -0.4 is 0 Å². The molecule has 19 heavy (non-hydrogen) atoms. The predicted octanol–water partition coefficient (Wildman–Crippen LogP) is 1.46. The molecule has 6 nitrogen and oxygen atoms in total. The highest BCUT2D eigenvalue weighted by atomic mass is 32.2. The number of amides is 1. The van der Waals surface area contributed by atoms with Crippen molar-refractivity contribution in [3.63, 3.8) is 0 Å². The fourth-order valence-electron chi connectivity index (χ4n) is 1.58. The maximum atomic E-state index is 11.8. The van der Waals surface area contributed by atoms with E-state index >= 15 is 0 Å². The number of carbonyl (C=O) groups is 2. The predicted molar refractivity (Wildman–Crippen MR) is 72.0 cm³/mol. The maximum absolute atomic E-state index is 11.8. The zero-order valence-electron chi connectivity index (χ0n) is 11.3. The molecule has 0 aliphatic rings. The Labute approximate surface area is 116 Å². The number of rotatable bonds is 7. The highest BCUT2D eigenvalue weighted by molar-refractivity contribution is 7.99. The number of hydrogen-bond acceptors (Lipinski definition) is 5. The average molecular weight is 286 g/mol. The Kier molecular flexibility index (Phi) is 5.88. The Morgan fingerprint density at radius 2 is 2.11 bits per heavy atom. The lowest BCUT2D eigenvalue weighted by Crippen LogP contribution is -2.36. The van der Waals surface area contributed by atoms with Gasteiger partial charge in [0, 0.05) is 17.9 Å². The first-order valence-electron chi connectivity index (χ1n) is 5.94. The van der Waals surface area contributed by atoms with Gasteiger partial charge in [0.2, 0.25) is 5.91 Å². The summed E-state index contributed by atoms with van der Waals surface area (Å²) in [6.45, 7) is 5.61. The van der Waals surface area contributed by atoms with E-state index in [4.69, 9.17) is 9.63 Å². The van der Waals surface area contributed by atoms with Crippen molar-refractivity contribution in [3.8, 4) is 0 Å². The first kappa shape index (κ1) is 15.6. The molecule has 1 N–H and O–H groups in total. The summed E-state index contributed by atoms with van der Waals surface area (Å²) < 4.78 is 5.04. The zero-order chi connectivity index (χ0) is 14.4. The average Bonchev–Trinajstić information content (AvgIpc) is 2.67. The minimum Gasteiger partial charge on any atom is -0.480 e. The van der Waals surface area contributed by atoms with Gasteiger partial charge in [-0.15, -0.1) is 11.8 Å². The number of carbonyl (C=O) groups excluding carboxylic acids is 1. The van der Waals surface area contributed by atoms with Crippen LogP contribution in [0.25, 0.3) is 0 Å². The van der Waals surface area contributed by atoms with Crippen molar-refractivity contribution in [2.24, 2.45) is 0 Å². The van der Waals surface area contributed by atoms with E-state index in [1.54, 1.807) is 6.92 Å². The minimum absolute atomic E-state index is 0.165. The third kappa shape index (κ3) is 4.59. The molecule has 0 saturated carbocycles. The molecule has 0 bridgehead atoms. The van der Waals surface area contributed by atoms with E-state index in [0.717, 1.165) is 17.0 Å². The quantitative estimate of drug-likeness (QED) is 0.817. The molecule has 1 heterocycles. The van der Waals surface area contributed by atoms with Gasteiger partial charge in [-0.1, -0.05) is 5.16 Å². The third-order valence-corrected chi connectivity index (χ3v) is 3.66. The van der Waals surface area contributed by atoms with Gasteiger partial charge in [0.1, 0.15) is 12.3 Å². The number of likely N-dealkylation sites (N-methyl/N-ethyl adjacent to an activating group) is 1. The van der Waals surface area contributed by atoms with Crippen LogP contribution in [0.2, 0.25) is 0 Å². The van der Waals surface area contributed by atoms with Crippen molar-refractivity contribution >= 4 is 23.6 Å². The van der Waals surface area contributed by atoms with Crippen molar-refractivity contribution in [2.75, 3.05) is 18.8 Å². The Morgan fingerprint density at radius 1 is 1.42 bits per heavy atom. The standard InChI is InChI=1S/C12H18N2O4S/c1-4-14(5-12(16)17)11(15)7-19-6-10-8(2)13-18-9(10)3/h4-7H2,1-3H3,(H,16,17). The third-order valence-electron chi connectivity index (χ3n) is 2.71. The Hall–Kier alpha value is -1.50. The SMILES string of the molecule is CCN(CC(=O)O)C(=O)CSCc1c(C)noc1C. The van der Waals surface area contributed by atoms with Gasteiger partial charge in [-0.05, 0) is 20.8 Å². The molecule has 1 rings (SSSR count). The van der Waals surface area contributed by atoms with Crippen molar-refractivity contribution < 1.29 is 19.2 Å². The van der Waals surface area contributed by atoms with E-state index in [0.29, 0.717) is 12.3 Å². The lowest BCUT2D eigenvalue weighted by Gasteiger charge is -2.18. The molecule has 0 atom stereocenters. The lowest BCUT2D eigenvalue weighted by molar-refractivity contribution is -0.143. The van der Waals surface area contributed by atoms with Gasteiger partial charge in [-0.3, -0.25) is 9.59 Å². The van der Waals surface area contributed by atoms with Gasteiger partial charge >= 0.3 is 5.97 Å². The molecule has 0 spiro atoms. The number of carboxylic acids is 1. The van der Waals surface area contributed by atoms with Gasteiger partial charge in [-0.2, -0.15) is 0 Å². The highest BCUT2D eigenvalue weighted by Crippen LogP contribution is 2.19. The molecule has 0 aliphatic heterocycles. The first-order valence-corrected chi connectivity index (χ1v) is 7.10. The Bertz CT molecular complexity index is 439. The summed E-state index contributed by atoms with van der Waals surface area (Å²) >= 11 is 1.43. The molecule has 1 aromatic heterocycles. The molecule has 1 amide bonds. The Balaban J connectivity index is 2.44. The molecule has 106 valence electrons. The van der Waals surface area contributed by atoms with E-state index in [-0.39, 0.29) is 18.2 Å². The topological polar surface area (TPSA) is 83.6 Å². The highest BCUT2D eigenvalue weighted by Gasteiger charge is 2.16. The molecular weight excluding hydrogens is 268 g/mol. The van der Waals surface area contributed by atoms with Crippen LogP contribution in [0.15, 0.2) is 4.52 Å². The number of thioether (sulfide) groups is 1. The van der Waals surface area contributed by atoms with Crippen LogP contribution in [0.4, 0.5) is 0 Å². The van der Waals surface area contributed by atoms with Crippen LogP contribution in [0, 0.1) is 13.8 Å². The summed E-state index contributed by atoms with van der Waals surface area (Å²) in [5.74, 6) is 0.492. The lowest BCUT2D eigenvalue weighted by atomic mass is 10.2. The summed E-state index contributed by atoms with van der Waals surface area (Å²) in [4.78, 5) is 23.7. The first-order chi connectivity index (χ1) is 8.95. The molecular formula is C12H18N2O4S. The summed E-state index contributed by atoms with van der Waals surface area (Å²) in [5.41, 5.74) is 1.83. The maximum Gasteiger partial charge on any atom is 0.323 e. The van der Waals surface area contributed by atoms with E-state index in [2.05, 4.69) is 5.16 Å². The zero-order valence-corrected chi connectivity index (χ0v) is 12.1. The van der Waals surface area contributed by atoms with Crippen LogP contribution in [-0.2, 0) is 15.3 Å². The van der Waals surface area contributed by atoms with E-state index < -0.39 is 5.97 Å². The molecule has 0 aliphatic carbocycles. The van der Waals surface area contributed by atoms with E-state index in [1.165, 1.54) is 16.7 Å². The van der Waals surface area contributed by atoms with Gasteiger partial charge in [-0.25, -0.2) is 0 Å². The van der Waals surface area contributed by atoms with Crippen molar-refractivity contribution in [3.05, 3.63) is 17.0 Å². The fourth-order valence-corrected chi connectivity index (χ4v) is 2.65. The molecule has 7 heteroatoms. The van der Waals surface area contributed by atoms with Crippen LogP contribution in [0.1, 0.15) is 23.9 Å². The molecule has 1 aromatic rings. The van der Waals surface area contributed by atoms with E-state index in [1.807, 2.05) is 13.8 Å². The number of aromatic nitrogens is 1. The number of hydrogen-bond donors (Lipinski definition) is 1. The second-order valence-corrected chi connectivity index (χ2v) is 5.08. The van der Waals surface area contributed by atoms with Gasteiger partial charge in [0.25, 0.3) is 0 Å². The monoisotopic (exact) mass is 286 g/mol.